The molecule has 0 N–H and O–H groups in total. The van der Waals surface area contributed by atoms with E-state index in [4.69, 9.17) is 0 Å². The molecule has 2 rings (SSSR count). The van der Waals surface area contributed by atoms with Crippen molar-refractivity contribution in [2.24, 2.45) is 0 Å². The smallest absolute Gasteiger partial charge is 0.166 e. The Kier molecular flexibility index (Phi) is 5.09. The van der Waals surface area contributed by atoms with E-state index >= 15 is 0 Å². The van der Waals surface area contributed by atoms with Gasteiger partial charge in [-0.15, -0.1) is 0 Å². The molecule has 0 spiro atoms. The van der Waals surface area contributed by atoms with E-state index in [0.29, 0.717) is 0 Å². The highest BCUT2D eigenvalue weighted by Crippen LogP contribution is 2.30. The molecule has 0 atom stereocenters. The van der Waals surface area contributed by atoms with Crippen LogP contribution < -0.4 is 0 Å². The molecule has 0 unspecified atom stereocenters. The van der Waals surface area contributed by atoms with Crippen LogP contribution in [0.5, 0.6) is 0 Å². The maximum absolute atomic E-state index is 12.6. The maximum Gasteiger partial charge on any atom is 0.416 e. The summed E-state index contributed by atoms with van der Waals surface area (Å²) in [6.07, 6.45) is -0.253. The molecule has 120 valence electrons. The molecule has 0 amide bonds. The second-order valence-electron chi connectivity index (χ2n) is 5.46. The van der Waals surface area contributed by atoms with Crippen molar-refractivity contribution in [3.05, 3.63) is 76.9 Å². The summed E-state index contributed by atoms with van der Waals surface area (Å²) < 4.78 is 37.9. The van der Waals surface area contributed by atoms with Crippen LogP contribution in [0.25, 0.3) is 17.2 Å². The highest BCUT2D eigenvalue weighted by Gasteiger charge is 2.29. The topological polar surface area (TPSA) is 0 Å². The Hall–Kier alpha value is -2.29. The molecule has 3 heteroatoms. The quantitative estimate of drug-likeness (QED) is 0.553. The average Bonchev–Trinajstić information content (AvgIpc) is 2.54. The van der Waals surface area contributed by atoms with Gasteiger partial charge in [0.2, 0.25) is 0 Å². The molecule has 0 aliphatic carbocycles. The van der Waals surface area contributed by atoms with E-state index in [2.05, 4.69) is 0 Å². The summed E-state index contributed by atoms with van der Waals surface area (Å²) in [5, 5.41) is 0. The van der Waals surface area contributed by atoms with Gasteiger partial charge in [-0.05, 0) is 60.7 Å². The molecule has 0 radical (unpaired) electrons. The monoisotopic (exact) mass is 316 g/mol. The third-order valence-corrected chi connectivity index (χ3v) is 3.86. The van der Waals surface area contributed by atoms with E-state index in [0.717, 1.165) is 40.0 Å². The van der Waals surface area contributed by atoms with E-state index in [-0.39, 0.29) is 0 Å². The number of hydrogen-bond acceptors (Lipinski definition) is 0. The van der Waals surface area contributed by atoms with Gasteiger partial charge in [0, 0.05) is 0 Å². The number of allylic oxidation sites excluding steroid dienone is 3. The summed E-state index contributed by atoms with van der Waals surface area (Å²) >= 11 is 0. The standard InChI is InChI=1S/C20H19F3/c1-4-14(2)19-8-6-5-7-17(19)13-15(3)16-9-11-18(12-10-16)20(21,22)23/h4-13H,1-3H3/b14-4+,15-13+. The van der Waals surface area contributed by atoms with Gasteiger partial charge in [-0.25, -0.2) is 0 Å². The van der Waals surface area contributed by atoms with Gasteiger partial charge in [-0.1, -0.05) is 48.6 Å². The predicted octanol–water partition coefficient (Wildman–Crippen LogP) is 6.69. The highest BCUT2D eigenvalue weighted by atomic mass is 19.4. The van der Waals surface area contributed by atoms with Crippen molar-refractivity contribution in [2.45, 2.75) is 26.9 Å². The van der Waals surface area contributed by atoms with E-state index < -0.39 is 11.7 Å². The largest absolute Gasteiger partial charge is 0.416 e. The fourth-order valence-electron chi connectivity index (χ4n) is 2.38. The molecular weight excluding hydrogens is 297 g/mol. The number of rotatable bonds is 3. The molecule has 0 bridgehead atoms. The second kappa shape index (κ2) is 6.86. The molecule has 0 saturated carbocycles. The van der Waals surface area contributed by atoms with Crippen LogP contribution in [-0.4, -0.2) is 0 Å². The van der Waals surface area contributed by atoms with Gasteiger partial charge in [0.05, 0.1) is 5.56 Å². The number of benzene rings is 2. The van der Waals surface area contributed by atoms with Crippen molar-refractivity contribution in [3.8, 4) is 0 Å². The second-order valence-corrected chi connectivity index (χ2v) is 5.46. The maximum atomic E-state index is 12.6. The van der Waals surface area contributed by atoms with Gasteiger partial charge in [0.15, 0.2) is 0 Å². The van der Waals surface area contributed by atoms with Crippen LogP contribution in [0.15, 0.2) is 54.6 Å². The third-order valence-electron chi connectivity index (χ3n) is 3.86. The van der Waals surface area contributed by atoms with Crippen LogP contribution in [0, 0.1) is 0 Å². The first-order valence-electron chi connectivity index (χ1n) is 7.41. The van der Waals surface area contributed by atoms with Crippen LogP contribution in [-0.2, 0) is 6.18 Å². The molecule has 0 aromatic heterocycles. The highest BCUT2D eigenvalue weighted by molar-refractivity contribution is 5.84. The Balaban J connectivity index is 2.38. The van der Waals surface area contributed by atoms with Crippen LogP contribution in [0.2, 0.25) is 0 Å². The van der Waals surface area contributed by atoms with Gasteiger partial charge < -0.3 is 0 Å². The minimum atomic E-state index is -4.30. The lowest BCUT2D eigenvalue weighted by atomic mass is 9.97. The molecule has 0 nitrogen and oxygen atoms in total. The number of hydrogen-bond donors (Lipinski definition) is 0. The molecular formula is C20H19F3. The minimum Gasteiger partial charge on any atom is -0.166 e. The first-order chi connectivity index (χ1) is 10.8. The van der Waals surface area contributed by atoms with Crippen molar-refractivity contribution in [2.75, 3.05) is 0 Å². The SMILES string of the molecule is C/C=C(\C)c1ccccc1/C=C(\C)c1ccc(C(F)(F)F)cc1. The molecule has 0 fully saturated rings. The Morgan fingerprint density at radius 2 is 1.48 bits per heavy atom. The lowest BCUT2D eigenvalue weighted by Gasteiger charge is -2.10. The summed E-state index contributed by atoms with van der Waals surface area (Å²) in [6, 6.07) is 13.3. The Morgan fingerprint density at radius 1 is 0.870 bits per heavy atom. The Labute approximate surface area is 135 Å². The first kappa shape index (κ1) is 17.1. The molecule has 23 heavy (non-hydrogen) atoms. The molecule has 2 aromatic carbocycles. The van der Waals surface area contributed by atoms with Crippen LogP contribution in [0.1, 0.15) is 43.0 Å². The van der Waals surface area contributed by atoms with Crippen molar-refractivity contribution < 1.29 is 13.2 Å². The number of halogens is 3. The zero-order chi connectivity index (χ0) is 17.0. The van der Waals surface area contributed by atoms with Gasteiger partial charge in [0.25, 0.3) is 0 Å². The van der Waals surface area contributed by atoms with Gasteiger partial charge in [-0.2, -0.15) is 13.2 Å². The average molecular weight is 316 g/mol. The Bertz CT molecular complexity index is 732. The van der Waals surface area contributed by atoms with Crippen LogP contribution in [0.4, 0.5) is 13.2 Å². The molecule has 2 aromatic rings. The third kappa shape index (κ3) is 4.13. The van der Waals surface area contributed by atoms with Crippen LogP contribution >= 0.6 is 0 Å². The van der Waals surface area contributed by atoms with Crippen LogP contribution in [0.3, 0.4) is 0 Å². The van der Waals surface area contributed by atoms with Crippen molar-refractivity contribution >= 4 is 17.2 Å². The summed E-state index contributed by atoms with van der Waals surface area (Å²) in [6.45, 7) is 5.93. The molecule has 0 aliphatic rings. The molecule has 0 saturated heterocycles. The minimum absolute atomic E-state index is 0.626. The van der Waals surface area contributed by atoms with Gasteiger partial charge in [0.1, 0.15) is 0 Å². The van der Waals surface area contributed by atoms with Crippen molar-refractivity contribution in [1.82, 2.24) is 0 Å². The fraction of sp³-hybridized carbons (Fsp3) is 0.200. The lowest BCUT2D eigenvalue weighted by molar-refractivity contribution is -0.137. The normalized spacial score (nSPS) is 13.3. The zero-order valence-corrected chi connectivity index (χ0v) is 13.4. The summed E-state index contributed by atoms with van der Waals surface area (Å²) in [5.74, 6) is 0. The van der Waals surface area contributed by atoms with Gasteiger partial charge >= 0.3 is 6.18 Å². The van der Waals surface area contributed by atoms with Gasteiger partial charge in [-0.3, -0.25) is 0 Å². The summed E-state index contributed by atoms with van der Waals surface area (Å²) in [7, 11) is 0. The predicted molar refractivity (Wildman–Crippen MR) is 90.8 cm³/mol. The van der Waals surface area contributed by atoms with E-state index in [9.17, 15) is 13.2 Å². The number of alkyl halides is 3. The van der Waals surface area contributed by atoms with E-state index in [1.165, 1.54) is 12.1 Å². The van der Waals surface area contributed by atoms with E-state index in [1.54, 1.807) is 0 Å². The van der Waals surface area contributed by atoms with Crippen molar-refractivity contribution in [1.29, 1.82) is 0 Å². The lowest BCUT2D eigenvalue weighted by Crippen LogP contribution is -2.04. The fourth-order valence-corrected chi connectivity index (χ4v) is 2.38. The summed E-state index contributed by atoms with van der Waals surface area (Å²) in [5.41, 5.74) is 4.43. The molecule has 0 aliphatic heterocycles. The molecule has 0 heterocycles. The van der Waals surface area contributed by atoms with E-state index in [1.807, 2.05) is 57.2 Å². The van der Waals surface area contributed by atoms with Crippen molar-refractivity contribution in [3.63, 3.8) is 0 Å². The Morgan fingerprint density at radius 3 is 2.04 bits per heavy atom. The zero-order valence-electron chi connectivity index (χ0n) is 13.4. The summed E-state index contributed by atoms with van der Waals surface area (Å²) in [4.78, 5) is 0. The first-order valence-corrected chi connectivity index (χ1v) is 7.41.